The second-order valence-corrected chi connectivity index (χ2v) is 7.38. The van der Waals surface area contributed by atoms with Crippen molar-refractivity contribution < 1.29 is 17.6 Å². The zero-order valence-electron chi connectivity index (χ0n) is 13.1. The van der Waals surface area contributed by atoms with E-state index < -0.39 is 10.0 Å². The van der Waals surface area contributed by atoms with Crippen molar-refractivity contribution in [3.05, 3.63) is 54.5 Å². The Labute approximate surface area is 140 Å². The maximum absolute atomic E-state index is 12.5. The lowest BCUT2D eigenvalue weighted by molar-refractivity contribution is 0.171. The fourth-order valence-corrected chi connectivity index (χ4v) is 4.00. The lowest BCUT2D eigenvalue weighted by Gasteiger charge is -2.33. The molecule has 2 aromatic rings. The van der Waals surface area contributed by atoms with Gasteiger partial charge in [-0.15, -0.1) is 0 Å². The minimum atomic E-state index is -3.50. The summed E-state index contributed by atoms with van der Waals surface area (Å²) in [6.07, 6.45) is 1.55. The van der Waals surface area contributed by atoms with Crippen LogP contribution in [0, 0.1) is 0 Å². The predicted molar refractivity (Wildman–Crippen MR) is 87.7 cm³/mol. The molecule has 3 rings (SSSR count). The second kappa shape index (κ2) is 7.06. The van der Waals surface area contributed by atoms with Gasteiger partial charge in [-0.25, -0.2) is 13.2 Å². The van der Waals surface area contributed by atoms with Crippen LogP contribution >= 0.6 is 0 Å². The van der Waals surface area contributed by atoms with Gasteiger partial charge >= 0.3 is 6.03 Å². The first kappa shape index (κ1) is 16.5. The van der Waals surface area contributed by atoms with Crippen LogP contribution < -0.4 is 5.32 Å². The van der Waals surface area contributed by atoms with Crippen LogP contribution in [0.1, 0.15) is 5.76 Å². The minimum Gasteiger partial charge on any atom is -0.467 e. The number of urea groups is 1. The molecule has 0 bridgehead atoms. The number of furan rings is 1. The van der Waals surface area contributed by atoms with Crippen LogP contribution in [0.2, 0.25) is 0 Å². The summed E-state index contributed by atoms with van der Waals surface area (Å²) in [5.74, 6) is 0.675. The van der Waals surface area contributed by atoms with E-state index in [1.54, 1.807) is 53.6 Å². The summed E-state index contributed by atoms with van der Waals surface area (Å²) < 4.78 is 31.7. The molecule has 1 N–H and O–H groups in total. The van der Waals surface area contributed by atoms with Crippen molar-refractivity contribution >= 4 is 16.1 Å². The van der Waals surface area contributed by atoms with E-state index in [9.17, 15) is 13.2 Å². The van der Waals surface area contributed by atoms with Crippen molar-refractivity contribution in [2.75, 3.05) is 26.2 Å². The SMILES string of the molecule is O=C(NCc1ccco1)N1CCN(S(=O)(=O)c2ccccc2)CC1. The number of carbonyl (C=O) groups is 1. The van der Waals surface area contributed by atoms with E-state index >= 15 is 0 Å². The molecule has 8 heteroatoms. The molecule has 7 nitrogen and oxygen atoms in total. The van der Waals surface area contributed by atoms with E-state index in [1.165, 1.54) is 4.31 Å². The van der Waals surface area contributed by atoms with Crippen LogP contribution in [0.4, 0.5) is 4.79 Å². The molecule has 0 atom stereocenters. The Bertz CT molecular complexity index is 767. The predicted octanol–water partition coefficient (Wildman–Crippen LogP) is 1.50. The summed E-state index contributed by atoms with van der Waals surface area (Å²) in [4.78, 5) is 14.0. The topological polar surface area (TPSA) is 82.9 Å². The Morgan fingerprint density at radius 1 is 1.04 bits per heavy atom. The molecule has 0 saturated carbocycles. The standard InChI is InChI=1S/C16H19N3O4S/c20-16(17-13-14-5-4-12-23-14)18-8-10-19(11-9-18)24(21,22)15-6-2-1-3-7-15/h1-7,12H,8-11,13H2,(H,17,20). The highest BCUT2D eigenvalue weighted by molar-refractivity contribution is 7.89. The molecule has 1 aromatic heterocycles. The number of rotatable bonds is 4. The van der Waals surface area contributed by atoms with Crippen LogP contribution in [0.25, 0.3) is 0 Å². The Balaban J connectivity index is 1.54. The number of amides is 2. The van der Waals surface area contributed by atoms with Crippen molar-refractivity contribution in [3.8, 4) is 0 Å². The molecule has 1 aromatic carbocycles. The lowest BCUT2D eigenvalue weighted by Crippen LogP contribution is -2.52. The van der Waals surface area contributed by atoms with Gasteiger partial charge in [-0.3, -0.25) is 0 Å². The molecule has 1 aliphatic rings. The number of benzene rings is 1. The molecule has 0 spiro atoms. The van der Waals surface area contributed by atoms with Crippen molar-refractivity contribution in [1.82, 2.24) is 14.5 Å². The molecule has 1 aliphatic heterocycles. The fourth-order valence-electron chi connectivity index (χ4n) is 2.56. The van der Waals surface area contributed by atoms with E-state index in [0.717, 1.165) is 0 Å². The van der Waals surface area contributed by atoms with Crippen molar-refractivity contribution in [3.63, 3.8) is 0 Å². The number of carbonyl (C=O) groups excluding carboxylic acids is 1. The Morgan fingerprint density at radius 3 is 2.38 bits per heavy atom. The van der Waals surface area contributed by atoms with Gasteiger partial charge in [-0.05, 0) is 24.3 Å². The van der Waals surface area contributed by atoms with Gasteiger partial charge in [0.25, 0.3) is 0 Å². The molecule has 1 fully saturated rings. The van der Waals surface area contributed by atoms with Gasteiger partial charge < -0.3 is 14.6 Å². The minimum absolute atomic E-state index is 0.219. The van der Waals surface area contributed by atoms with Gasteiger partial charge in [0.1, 0.15) is 5.76 Å². The van der Waals surface area contributed by atoms with Gasteiger partial charge in [-0.1, -0.05) is 18.2 Å². The van der Waals surface area contributed by atoms with E-state index in [-0.39, 0.29) is 24.0 Å². The third-order valence-electron chi connectivity index (χ3n) is 3.90. The summed E-state index contributed by atoms with van der Waals surface area (Å²) in [5, 5.41) is 2.77. The molecule has 1 saturated heterocycles. The second-order valence-electron chi connectivity index (χ2n) is 5.44. The first-order valence-corrected chi connectivity index (χ1v) is 9.12. The summed E-state index contributed by atoms with van der Waals surface area (Å²) in [7, 11) is -3.50. The summed E-state index contributed by atoms with van der Waals surface area (Å²) in [6, 6.07) is 11.7. The van der Waals surface area contributed by atoms with Crippen LogP contribution in [-0.2, 0) is 16.6 Å². The number of hydrogen-bond acceptors (Lipinski definition) is 4. The molecule has 0 unspecified atom stereocenters. The molecule has 24 heavy (non-hydrogen) atoms. The highest BCUT2D eigenvalue weighted by Gasteiger charge is 2.29. The molecular weight excluding hydrogens is 330 g/mol. The average molecular weight is 349 g/mol. The maximum atomic E-state index is 12.5. The quantitative estimate of drug-likeness (QED) is 0.907. The van der Waals surface area contributed by atoms with Gasteiger partial charge in [-0.2, -0.15) is 4.31 Å². The van der Waals surface area contributed by atoms with Gasteiger partial charge in [0.2, 0.25) is 10.0 Å². The van der Waals surface area contributed by atoms with Crippen molar-refractivity contribution in [1.29, 1.82) is 0 Å². The van der Waals surface area contributed by atoms with Gasteiger partial charge in [0.15, 0.2) is 0 Å². The monoisotopic (exact) mass is 349 g/mol. The van der Waals surface area contributed by atoms with Gasteiger partial charge in [0, 0.05) is 26.2 Å². The van der Waals surface area contributed by atoms with E-state index in [2.05, 4.69) is 5.32 Å². The van der Waals surface area contributed by atoms with Crippen LogP contribution in [0.5, 0.6) is 0 Å². The first-order chi connectivity index (χ1) is 11.6. The summed E-state index contributed by atoms with van der Waals surface area (Å²) in [5.41, 5.74) is 0. The highest BCUT2D eigenvalue weighted by atomic mass is 32.2. The van der Waals surface area contributed by atoms with Crippen LogP contribution in [0.3, 0.4) is 0 Å². The Hall–Kier alpha value is -2.32. The molecule has 128 valence electrons. The number of piperazine rings is 1. The number of hydrogen-bond donors (Lipinski definition) is 1. The van der Waals surface area contributed by atoms with E-state index in [4.69, 9.17) is 4.42 Å². The van der Waals surface area contributed by atoms with Crippen molar-refractivity contribution in [2.24, 2.45) is 0 Å². The molecular formula is C16H19N3O4S. The van der Waals surface area contributed by atoms with Crippen LogP contribution in [0.15, 0.2) is 58.0 Å². The zero-order valence-corrected chi connectivity index (χ0v) is 13.9. The maximum Gasteiger partial charge on any atom is 0.317 e. The zero-order chi connectivity index (χ0) is 17.0. The molecule has 0 aliphatic carbocycles. The van der Waals surface area contributed by atoms with E-state index in [1.807, 2.05) is 0 Å². The first-order valence-electron chi connectivity index (χ1n) is 7.68. The lowest BCUT2D eigenvalue weighted by atomic mass is 10.4. The average Bonchev–Trinajstić information content (AvgIpc) is 3.14. The number of nitrogens with zero attached hydrogens (tertiary/aromatic N) is 2. The Kier molecular flexibility index (Phi) is 4.86. The third kappa shape index (κ3) is 3.60. The van der Waals surface area contributed by atoms with E-state index in [0.29, 0.717) is 25.4 Å². The van der Waals surface area contributed by atoms with Gasteiger partial charge in [0.05, 0.1) is 17.7 Å². The number of sulfonamides is 1. The number of nitrogens with one attached hydrogen (secondary N) is 1. The smallest absolute Gasteiger partial charge is 0.317 e. The fraction of sp³-hybridized carbons (Fsp3) is 0.312. The highest BCUT2D eigenvalue weighted by Crippen LogP contribution is 2.17. The molecule has 0 radical (unpaired) electrons. The van der Waals surface area contributed by atoms with Crippen molar-refractivity contribution in [2.45, 2.75) is 11.4 Å². The Morgan fingerprint density at radius 2 is 1.75 bits per heavy atom. The summed E-state index contributed by atoms with van der Waals surface area (Å²) in [6.45, 7) is 1.59. The molecule has 2 amide bonds. The largest absolute Gasteiger partial charge is 0.467 e. The third-order valence-corrected chi connectivity index (χ3v) is 5.81. The summed E-state index contributed by atoms with van der Waals surface area (Å²) >= 11 is 0. The molecule has 2 heterocycles. The normalized spacial score (nSPS) is 16.1. The van der Waals surface area contributed by atoms with Crippen LogP contribution in [-0.4, -0.2) is 49.8 Å².